The van der Waals surface area contributed by atoms with Crippen molar-refractivity contribution in [1.82, 2.24) is 5.32 Å². The Morgan fingerprint density at radius 2 is 1.88 bits per heavy atom. The molecule has 124 valence electrons. The van der Waals surface area contributed by atoms with Crippen LogP contribution in [0.3, 0.4) is 0 Å². The van der Waals surface area contributed by atoms with Crippen LogP contribution in [0.4, 0.5) is 0 Å². The van der Waals surface area contributed by atoms with Crippen LogP contribution in [-0.4, -0.2) is 18.2 Å². The number of nitriles is 1. The van der Waals surface area contributed by atoms with Gasteiger partial charge in [-0.25, -0.2) is 0 Å². The molecule has 0 radical (unpaired) electrons. The summed E-state index contributed by atoms with van der Waals surface area (Å²) in [5, 5.41) is 12.0. The maximum Gasteiger partial charge on any atom is 0.251 e. The summed E-state index contributed by atoms with van der Waals surface area (Å²) in [4.78, 5) is 12.1. The summed E-state index contributed by atoms with van der Waals surface area (Å²) in [6, 6.07) is 17.6. The molecule has 0 aliphatic carbocycles. The molecule has 24 heavy (non-hydrogen) atoms. The Morgan fingerprint density at radius 1 is 1.17 bits per heavy atom. The first-order valence-corrected chi connectivity index (χ1v) is 9.21. The fraction of sp³-hybridized carbons (Fsp3) is 0.300. The van der Waals surface area contributed by atoms with E-state index >= 15 is 0 Å². The molecule has 1 N–H and O–H groups in total. The van der Waals surface area contributed by atoms with Gasteiger partial charge in [0.05, 0.1) is 11.6 Å². The minimum absolute atomic E-state index is 0.0386. The van der Waals surface area contributed by atoms with Gasteiger partial charge in [0, 0.05) is 23.6 Å². The average Bonchev–Trinajstić information content (AvgIpc) is 2.61. The largest absolute Gasteiger partial charge is 0.351 e. The zero-order valence-corrected chi connectivity index (χ0v) is 14.9. The number of thioether (sulfide) groups is 1. The van der Waals surface area contributed by atoms with Crippen LogP contribution in [0.15, 0.2) is 48.5 Å². The first-order chi connectivity index (χ1) is 11.6. The SMILES string of the molecule is CC(C)c1ccc(C(=O)NCCSCc2ccccc2C#N)cc1. The van der Waals surface area contributed by atoms with Crippen molar-refractivity contribution in [1.29, 1.82) is 5.26 Å². The molecule has 2 aromatic rings. The van der Waals surface area contributed by atoms with E-state index in [1.54, 1.807) is 11.8 Å². The van der Waals surface area contributed by atoms with Crippen molar-refractivity contribution in [3.8, 4) is 6.07 Å². The van der Waals surface area contributed by atoms with E-state index in [0.29, 0.717) is 18.0 Å². The summed E-state index contributed by atoms with van der Waals surface area (Å²) in [6.45, 7) is 4.89. The lowest BCUT2D eigenvalue weighted by Gasteiger charge is -2.08. The second kappa shape index (κ2) is 9.14. The minimum atomic E-state index is -0.0386. The monoisotopic (exact) mass is 338 g/mol. The Balaban J connectivity index is 1.74. The second-order valence-electron chi connectivity index (χ2n) is 5.85. The molecular formula is C20H22N2OS. The van der Waals surface area contributed by atoms with Crippen LogP contribution < -0.4 is 5.32 Å². The number of rotatable bonds is 7. The number of nitrogens with zero attached hydrogens (tertiary/aromatic N) is 1. The summed E-state index contributed by atoms with van der Waals surface area (Å²) in [5.41, 5.74) is 3.69. The Morgan fingerprint density at radius 3 is 2.54 bits per heavy atom. The van der Waals surface area contributed by atoms with Crippen molar-refractivity contribution in [3.05, 3.63) is 70.8 Å². The van der Waals surface area contributed by atoms with Crippen LogP contribution in [0.5, 0.6) is 0 Å². The lowest BCUT2D eigenvalue weighted by atomic mass is 10.0. The zero-order valence-electron chi connectivity index (χ0n) is 14.1. The Hall–Kier alpha value is -2.25. The quantitative estimate of drug-likeness (QED) is 0.764. The lowest BCUT2D eigenvalue weighted by Crippen LogP contribution is -2.25. The van der Waals surface area contributed by atoms with Crippen LogP contribution >= 0.6 is 11.8 Å². The van der Waals surface area contributed by atoms with Crippen molar-refractivity contribution < 1.29 is 4.79 Å². The number of hydrogen-bond donors (Lipinski definition) is 1. The van der Waals surface area contributed by atoms with Crippen LogP contribution in [-0.2, 0) is 5.75 Å². The molecule has 0 aliphatic heterocycles. The fourth-order valence-corrected chi connectivity index (χ4v) is 3.16. The van der Waals surface area contributed by atoms with Crippen molar-refractivity contribution in [2.45, 2.75) is 25.5 Å². The molecule has 3 nitrogen and oxygen atoms in total. The third kappa shape index (κ3) is 5.14. The van der Waals surface area contributed by atoms with Gasteiger partial charge in [-0.1, -0.05) is 44.2 Å². The molecule has 4 heteroatoms. The summed E-state index contributed by atoms with van der Waals surface area (Å²) in [6.07, 6.45) is 0. The highest BCUT2D eigenvalue weighted by Crippen LogP contribution is 2.16. The maximum atomic E-state index is 12.1. The molecule has 0 saturated carbocycles. The summed E-state index contributed by atoms with van der Waals surface area (Å²) in [5.74, 6) is 2.02. The predicted octanol–water partition coefficient (Wildman–Crippen LogP) is 4.34. The van der Waals surface area contributed by atoms with E-state index in [1.807, 2.05) is 48.5 Å². The number of nitrogens with one attached hydrogen (secondary N) is 1. The summed E-state index contributed by atoms with van der Waals surface area (Å²) >= 11 is 1.71. The van der Waals surface area contributed by atoms with E-state index in [4.69, 9.17) is 5.26 Å². The normalized spacial score (nSPS) is 10.4. The van der Waals surface area contributed by atoms with Crippen LogP contribution in [0.2, 0.25) is 0 Å². The lowest BCUT2D eigenvalue weighted by molar-refractivity contribution is 0.0956. The standard InChI is InChI=1S/C20H22N2OS/c1-15(2)16-7-9-17(10-8-16)20(23)22-11-12-24-14-19-6-4-3-5-18(19)13-21/h3-10,15H,11-12,14H2,1-2H3,(H,22,23). The van der Waals surface area contributed by atoms with Gasteiger partial charge in [-0.3, -0.25) is 4.79 Å². The van der Waals surface area contributed by atoms with Crippen LogP contribution in [0, 0.1) is 11.3 Å². The van der Waals surface area contributed by atoms with Gasteiger partial charge in [0.2, 0.25) is 0 Å². The van der Waals surface area contributed by atoms with Gasteiger partial charge in [0.1, 0.15) is 0 Å². The highest BCUT2D eigenvalue weighted by Gasteiger charge is 2.06. The van der Waals surface area contributed by atoms with Gasteiger partial charge in [0.25, 0.3) is 5.91 Å². The molecule has 0 saturated heterocycles. The highest BCUT2D eigenvalue weighted by molar-refractivity contribution is 7.98. The number of amides is 1. The van der Waals surface area contributed by atoms with Crippen molar-refractivity contribution in [2.24, 2.45) is 0 Å². The Labute approximate surface area is 148 Å². The summed E-state index contributed by atoms with van der Waals surface area (Å²) in [7, 11) is 0. The first kappa shape index (κ1) is 18.1. The molecule has 0 aliphatic rings. The average molecular weight is 338 g/mol. The van der Waals surface area contributed by atoms with Crippen molar-refractivity contribution >= 4 is 17.7 Å². The topological polar surface area (TPSA) is 52.9 Å². The number of hydrogen-bond acceptors (Lipinski definition) is 3. The fourth-order valence-electron chi connectivity index (χ4n) is 2.30. The van der Waals surface area contributed by atoms with Gasteiger partial charge >= 0.3 is 0 Å². The van der Waals surface area contributed by atoms with Gasteiger partial charge in [0.15, 0.2) is 0 Å². The van der Waals surface area contributed by atoms with Crippen molar-refractivity contribution in [2.75, 3.05) is 12.3 Å². The van der Waals surface area contributed by atoms with Gasteiger partial charge in [-0.05, 0) is 35.2 Å². The number of carbonyl (C=O) groups is 1. The van der Waals surface area contributed by atoms with Crippen LogP contribution in [0.1, 0.15) is 46.8 Å². The molecular weight excluding hydrogens is 316 g/mol. The van der Waals surface area contributed by atoms with E-state index in [0.717, 1.165) is 22.6 Å². The molecule has 0 aromatic heterocycles. The number of carbonyl (C=O) groups excluding carboxylic acids is 1. The summed E-state index contributed by atoms with van der Waals surface area (Å²) < 4.78 is 0. The van der Waals surface area contributed by atoms with Crippen LogP contribution in [0.25, 0.3) is 0 Å². The molecule has 0 unspecified atom stereocenters. The second-order valence-corrected chi connectivity index (χ2v) is 6.96. The molecule has 2 rings (SSSR count). The van der Waals surface area contributed by atoms with E-state index < -0.39 is 0 Å². The van der Waals surface area contributed by atoms with E-state index in [1.165, 1.54) is 5.56 Å². The first-order valence-electron chi connectivity index (χ1n) is 8.05. The minimum Gasteiger partial charge on any atom is -0.351 e. The van der Waals surface area contributed by atoms with E-state index in [9.17, 15) is 4.79 Å². The van der Waals surface area contributed by atoms with Gasteiger partial charge < -0.3 is 5.32 Å². The third-order valence-electron chi connectivity index (χ3n) is 3.77. The van der Waals surface area contributed by atoms with Gasteiger partial charge in [-0.15, -0.1) is 0 Å². The van der Waals surface area contributed by atoms with E-state index in [2.05, 4.69) is 25.2 Å². The van der Waals surface area contributed by atoms with Gasteiger partial charge in [-0.2, -0.15) is 17.0 Å². The predicted molar refractivity (Wildman–Crippen MR) is 100 cm³/mol. The molecule has 0 fully saturated rings. The molecule has 0 spiro atoms. The smallest absolute Gasteiger partial charge is 0.251 e. The van der Waals surface area contributed by atoms with E-state index in [-0.39, 0.29) is 5.91 Å². The zero-order chi connectivity index (χ0) is 17.4. The molecule has 0 heterocycles. The molecule has 0 atom stereocenters. The highest BCUT2D eigenvalue weighted by atomic mass is 32.2. The molecule has 2 aromatic carbocycles. The Kier molecular flexibility index (Phi) is 6.89. The number of benzene rings is 2. The molecule has 1 amide bonds. The third-order valence-corrected chi connectivity index (χ3v) is 4.77. The Bertz CT molecular complexity index is 717. The maximum absolute atomic E-state index is 12.1. The molecule has 0 bridgehead atoms. The van der Waals surface area contributed by atoms with Crippen molar-refractivity contribution in [3.63, 3.8) is 0 Å².